The number of furan rings is 1. The SMILES string of the molecule is [2H]c1c([2H])c2c([2H])c([2H])c3c([2H])c([2H])c(-c4ccc(-c5cccc(-c6ccc7oc8ccccc8c7c6)c5)cc4)c4c([2H])c([2H])c(c1[2H])c2c34. The molecule has 0 aliphatic carbocycles. The van der Waals surface area contributed by atoms with Crippen molar-refractivity contribution < 1.29 is 16.8 Å². The Kier molecular flexibility index (Phi) is 3.21. The van der Waals surface area contributed by atoms with Crippen LogP contribution in [-0.2, 0) is 0 Å². The number of hydrogen-bond acceptors (Lipinski definition) is 1. The van der Waals surface area contributed by atoms with Gasteiger partial charge >= 0.3 is 0 Å². The molecule has 1 heterocycles. The fourth-order valence-electron chi connectivity index (χ4n) is 5.89. The first-order valence-electron chi connectivity index (χ1n) is 17.9. The van der Waals surface area contributed by atoms with Crippen molar-refractivity contribution in [3.05, 3.63) is 145 Å². The fraction of sp³-hybridized carbons (Fsp3) is 0. The van der Waals surface area contributed by atoms with Gasteiger partial charge in [-0.05, 0) is 90.0 Å². The lowest BCUT2D eigenvalue weighted by molar-refractivity contribution is 0.669. The molecule has 9 aromatic rings. The van der Waals surface area contributed by atoms with E-state index in [-0.39, 0.29) is 68.1 Å². The van der Waals surface area contributed by atoms with Gasteiger partial charge in [0.15, 0.2) is 0 Å². The van der Waals surface area contributed by atoms with Crippen molar-refractivity contribution in [1.29, 1.82) is 0 Å². The van der Waals surface area contributed by atoms with Crippen LogP contribution in [0.15, 0.2) is 150 Å². The van der Waals surface area contributed by atoms with E-state index in [4.69, 9.17) is 16.8 Å². The van der Waals surface area contributed by atoms with Gasteiger partial charge in [0, 0.05) is 10.8 Å². The molecule has 0 amide bonds. The lowest BCUT2D eigenvalue weighted by Gasteiger charge is -2.14. The molecule has 0 saturated heterocycles. The van der Waals surface area contributed by atoms with Gasteiger partial charge in [0.05, 0.1) is 12.3 Å². The molecule has 0 radical (unpaired) electrons. The van der Waals surface area contributed by atoms with E-state index in [2.05, 4.69) is 24.3 Å². The van der Waals surface area contributed by atoms with E-state index >= 15 is 0 Å². The van der Waals surface area contributed by atoms with Gasteiger partial charge in [-0.15, -0.1) is 0 Å². The van der Waals surface area contributed by atoms with E-state index in [0.717, 1.165) is 44.2 Å². The Balaban J connectivity index is 1.21. The van der Waals surface area contributed by atoms with Crippen LogP contribution in [0.4, 0.5) is 0 Å². The first kappa shape index (κ1) is 15.4. The summed E-state index contributed by atoms with van der Waals surface area (Å²) in [7, 11) is 0. The van der Waals surface area contributed by atoms with E-state index < -0.39 is 24.2 Å². The maximum atomic E-state index is 9.07. The van der Waals surface area contributed by atoms with E-state index in [9.17, 15) is 0 Å². The highest BCUT2D eigenvalue weighted by atomic mass is 16.3. The summed E-state index contributed by atoms with van der Waals surface area (Å²) in [6.45, 7) is 0. The summed E-state index contributed by atoms with van der Waals surface area (Å²) in [4.78, 5) is 0. The Morgan fingerprint density at radius 1 is 0.415 bits per heavy atom. The summed E-state index contributed by atoms with van der Waals surface area (Å²) in [6.07, 6.45) is 0. The van der Waals surface area contributed by atoms with Crippen molar-refractivity contribution in [1.82, 2.24) is 0 Å². The molecule has 9 rings (SSSR count). The standard InChI is InChI=1S/C40H24O/c1-2-10-37-34(9-1)36-24-32(19-22-38(36)41-37)31-8-4-7-30(23-31)25-11-13-26(14-12-25)33-20-17-29-16-15-27-5-3-6-28-18-21-35(33)40(29)39(27)28/h1-24H/i3D,5D,6D,15D,16D,17D,18D,20D,21D. The maximum absolute atomic E-state index is 9.07. The Morgan fingerprint density at radius 3 is 1.90 bits per heavy atom. The smallest absolute Gasteiger partial charge is 0.135 e. The molecule has 0 saturated carbocycles. The molecule has 0 spiro atoms. The minimum Gasteiger partial charge on any atom is -0.456 e. The van der Waals surface area contributed by atoms with E-state index in [1.807, 2.05) is 66.7 Å². The highest BCUT2D eigenvalue weighted by molar-refractivity contribution is 6.25. The summed E-state index contributed by atoms with van der Waals surface area (Å²) in [5.41, 5.74) is 6.36. The molecule has 0 N–H and O–H groups in total. The Morgan fingerprint density at radius 2 is 1.05 bits per heavy atom. The number of hydrogen-bond donors (Lipinski definition) is 0. The minimum atomic E-state index is -0.487. The third kappa shape index (κ3) is 3.43. The van der Waals surface area contributed by atoms with Crippen LogP contribution >= 0.6 is 0 Å². The van der Waals surface area contributed by atoms with Gasteiger partial charge < -0.3 is 4.42 Å². The van der Waals surface area contributed by atoms with Gasteiger partial charge in [0.1, 0.15) is 11.2 Å². The van der Waals surface area contributed by atoms with Crippen molar-refractivity contribution in [3.8, 4) is 33.4 Å². The molecule has 0 aliphatic rings. The van der Waals surface area contributed by atoms with E-state index in [1.54, 1.807) is 0 Å². The van der Waals surface area contributed by atoms with Crippen LogP contribution < -0.4 is 0 Å². The highest BCUT2D eigenvalue weighted by Crippen LogP contribution is 2.40. The number of fused-ring (bicyclic) bond motifs is 3. The number of para-hydroxylation sites is 1. The number of rotatable bonds is 3. The Bertz CT molecular complexity index is 2880. The maximum Gasteiger partial charge on any atom is 0.135 e. The van der Waals surface area contributed by atoms with Gasteiger partial charge in [0.2, 0.25) is 0 Å². The Hall–Kier alpha value is -5.40. The van der Waals surface area contributed by atoms with Crippen LogP contribution in [0.2, 0.25) is 0 Å². The molecule has 1 heteroatoms. The third-order valence-electron chi connectivity index (χ3n) is 7.89. The number of benzene rings is 8. The average Bonchev–Trinajstić information content (AvgIpc) is 3.51. The summed E-state index contributed by atoms with van der Waals surface area (Å²) < 4.78 is 84.9. The topological polar surface area (TPSA) is 13.1 Å². The summed E-state index contributed by atoms with van der Waals surface area (Å²) >= 11 is 0. The van der Waals surface area contributed by atoms with Crippen LogP contribution in [0.25, 0.3) is 87.6 Å². The van der Waals surface area contributed by atoms with Crippen molar-refractivity contribution in [2.75, 3.05) is 0 Å². The van der Waals surface area contributed by atoms with Crippen LogP contribution in [0.3, 0.4) is 0 Å². The van der Waals surface area contributed by atoms with E-state index in [1.165, 1.54) is 0 Å². The molecule has 0 unspecified atom stereocenters. The molecule has 0 atom stereocenters. The second-order valence-corrected chi connectivity index (χ2v) is 10.2. The van der Waals surface area contributed by atoms with Gasteiger partial charge in [-0.2, -0.15) is 0 Å². The quantitative estimate of drug-likeness (QED) is 0.207. The van der Waals surface area contributed by atoms with Crippen molar-refractivity contribution in [2.45, 2.75) is 0 Å². The minimum absolute atomic E-state index is 0.0312. The molecule has 1 nitrogen and oxygen atoms in total. The zero-order chi connectivity index (χ0) is 34.7. The van der Waals surface area contributed by atoms with Crippen LogP contribution in [0.5, 0.6) is 0 Å². The second-order valence-electron chi connectivity index (χ2n) is 10.2. The van der Waals surface area contributed by atoms with E-state index in [0.29, 0.717) is 5.56 Å². The van der Waals surface area contributed by atoms with Crippen LogP contribution in [-0.4, -0.2) is 0 Å². The van der Waals surface area contributed by atoms with Gasteiger partial charge in [-0.1, -0.05) is 121 Å². The highest BCUT2D eigenvalue weighted by Gasteiger charge is 2.13. The van der Waals surface area contributed by atoms with Gasteiger partial charge in [-0.25, -0.2) is 0 Å². The molecular formula is C40H24O. The molecule has 190 valence electrons. The summed E-state index contributed by atoms with van der Waals surface area (Å²) in [5.74, 6) is 0. The van der Waals surface area contributed by atoms with Gasteiger partial charge in [0.25, 0.3) is 0 Å². The van der Waals surface area contributed by atoms with Crippen LogP contribution in [0, 0.1) is 0 Å². The largest absolute Gasteiger partial charge is 0.456 e. The molecule has 0 aliphatic heterocycles. The molecule has 0 fully saturated rings. The fourth-order valence-corrected chi connectivity index (χ4v) is 5.89. The molecule has 1 aromatic heterocycles. The predicted octanol–water partition coefficient (Wildman–Crippen LogP) is 11.5. The van der Waals surface area contributed by atoms with Crippen LogP contribution in [0.1, 0.15) is 12.3 Å². The first-order valence-corrected chi connectivity index (χ1v) is 13.4. The zero-order valence-corrected chi connectivity index (χ0v) is 21.6. The molecule has 0 bridgehead atoms. The normalized spacial score (nSPS) is 15.0. The molecular weight excluding hydrogens is 496 g/mol. The monoisotopic (exact) mass is 529 g/mol. The summed E-state index contributed by atoms with van der Waals surface area (Å²) in [6, 6.07) is 26.4. The Labute approximate surface area is 249 Å². The van der Waals surface area contributed by atoms with Crippen molar-refractivity contribution >= 4 is 54.3 Å². The van der Waals surface area contributed by atoms with Gasteiger partial charge in [-0.3, -0.25) is 0 Å². The first-order chi connectivity index (χ1) is 24.1. The molecule has 41 heavy (non-hydrogen) atoms. The zero-order valence-electron chi connectivity index (χ0n) is 30.6. The third-order valence-corrected chi connectivity index (χ3v) is 7.89. The van der Waals surface area contributed by atoms with Crippen molar-refractivity contribution in [3.63, 3.8) is 0 Å². The second kappa shape index (κ2) is 8.55. The molecule has 8 aromatic carbocycles. The lowest BCUT2D eigenvalue weighted by atomic mass is 9.89. The average molecular weight is 530 g/mol. The lowest BCUT2D eigenvalue weighted by Crippen LogP contribution is -1.87. The summed E-state index contributed by atoms with van der Waals surface area (Å²) in [5, 5.41) is 2.45. The predicted molar refractivity (Wildman–Crippen MR) is 174 cm³/mol. The van der Waals surface area contributed by atoms with Crippen molar-refractivity contribution in [2.24, 2.45) is 0 Å².